The SMILES string of the molecule is O=C(O)C[C@H](C(=O)O)C(=O)/C=C/c1ccccc1. The van der Waals surface area contributed by atoms with Gasteiger partial charge in [0.25, 0.3) is 0 Å². The summed E-state index contributed by atoms with van der Waals surface area (Å²) in [5.41, 5.74) is 0.741. The highest BCUT2D eigenvalue weighted by molar-refractivity contribution is 6.07. The van der Waals surface area contributed by atoms with Gasteiger partial charge in [-0.15, -0.1) is 0 Å². The molecule has 1 rings (SSSR count). The van der Waals surface area contributed by atoms with Crippen LogP contribution in [0, 0.1) is 5.92 Å². The first-order valence-electron chi connectivity index (χ1n) is 5.22. The number of ketones is 1. The third kappa shape index (κ3) is 4.21. The lowest BCUT2D eigenvalue weighted by Crippen LogP contribution is -2.25. The third-order valence-corrected chi connectivity index (χ3v) is 2.26. The third-order valence-electron chi connectivity index (χ3n) is 2.26. The van der Waals surface area contributed by atoms with E-state index in [1.165, 1.54) is 6.08 Å². The van der Waals surface area contributed by atoms with Gasteiger partial charge in [0.2, 0.25) is 0 Å². The normalized spacial score (nSPS) is 12.2. The van der Waals surface area contributed by atoms with E-state index >= 15 is 0 Å². The molecule has 1 aromatic rings. The van der Waals surface area contributed by atoms with Gasteiger partial charge < -0.3 is 10.2 Å². The smallest absolute Gasteiger partial charge is 0.315 e. The van der Waals surface area contributed by atoms with Gasteiger partial charge in [0.05, 0.1) is 6.42 Å². The van der Waals surface area contributed by atoms with E-state index in [0.717, 1.165) is 11.6 Å². The lowest BCUT2D eigenvalue weighted by Gasteiger charge is -2.04. The molecule has 0 amide bonds. The number of hydrogen-bond acceptors (Lipinski definition) is 3. The first kappa shape index (κ1) is 13.6. The topological polar surface area (TPSA) is 91.7 Å². The van der Waals surface area contributed by atoms with Gasteiger partial charge in [0.1, 0.15) is 5.92 Å². The summed E-state index contributed by atoms with van der Waals surface area (Å²) in [5.74, 6) is -5.01. The van der Waals surface area contributed by atoms with Crippen molar-refractivity contribution in [2.75, 3.05) is 0 Å². The zero-order valence-electron chi connectivity index (χ0n) is 9.45. The van der Waals surface area contributed by atoms with Crippen LogP contribution >= 0.6 is 0 Å². The monoisotopic (exact) mass is 248 g/mol. The molecule has 18 heavy (non-hydrogen) atoms. The Kier molecular flexibility index (Phi) is 4.80. The molecule has 0 aliphatic heterocycles. The molecule has 0 aliphatic rings. The Morgan fingerprint density at radius 3 is 2.22 bits per heavy atom. The molecule has 0 fully saturated rings. The van der Waals surface area contributed by atoms with Crippen LogP contribution in [0.15, 0.2) is 36.4 Å². The second-order valence-electron chi connectivity index (χ2n) is 3.64. The number of carbonyl (C=O) groups is 3. The zero-order valence-corrected chi connectivity index (χ0v) is 9.45. The van der Waals surface area contributed by atoms with E-state index in [1.54, 1.807) is 24.3 Å². The highest BCUT2D eigenvalue weighted by Crippen LogP contribution is 2.08. The molecule has 1 atom stereocenters. The van der Waals surface area contributed by atoms with Gasteiger partial charge in [-0.1, -0.05) is 36.4 Å². The molecule has 1 aromatic carbocycles. The van der Waals surface area contributed by atoms with Crippen LogP contribution in [-0.2, 0) is 14.4 Å². The summed E-state index contributed by atoms with van der Waals surface area (Å²) in [7, 11) is 0. The van der Waals surface area contributed by atoms with Crippen LogP contribution in [0.4, 0.5) is 0 Å². The summed E-state index contributed by atoms with van der Waals surface area (Å²) in [5, 5.41) is 17.3. The number of aliphatic carboxylic acids is 2. The first-order valence-corrected chi connectivity index (χ1v) is 5.22. The number of carboxylic acid groups (broad SMARTS) is 2. The predicted molar refractivity (Wildman–Crippen MR) is 63.9 cm³/mol. The number of rotatable bonds is 6. The average molecular weight is 248 g/mol. The minimum Gasteiger partial charge on any atom is -0.481 e. The van der Waals surface area contributed by atoms with Gasteiger partial charge >= 0.3 is 11.9 Å². The second kappa shape index (κ2) is 6.34. The molecule has 94 valence electrons. The molecule has 0 aliphatic carbocycles. The van der Waals surface area contributed by atoms with Crippen molar-refractivity contribution in [3.8, 4) is 0 Å². The standard InChI is InChI=1S/C13H12O5/c14-11(10(13(17)18)8-12(15)16)7-6-9-4-2-1-3-5-9/h1-7,10H,8H2,(H,15,16)(H,17,18)/b7-6+/t10-/m0/s1. The molecule has 0 radical (unpaired) electrons. The number of benzene rings is 1. The van der Waals surface area contributed by atoms with E-state index in [1.807, 2.05) is 6.07 Å². The molecule has 0 heterocycles. The van der Waals surface area contributed by atoms with E-state index in [2.05, 4.69) is 0 Å². The number of carbonyl (C=O) groups excluding carboxylic acids is 1. The Hall–Kier alpha value is -2.43. The Morgan fingerprint density at radius 1 is 1.11 bits per heavy atom. The summed E-state index contributed by atoms with van der Waals surface area (Å²) < 4.78 is 0. The number of hydrogen-bond donors (Lipinski definition) is 2. The van der Waals surface area contributed by atoms with Gasteiger partial charge in [0.15, 0.2) is 5.78 Å². The van der Waals surface area contributed by atoms with Crippen molar-refractivity contribution in [1.82, 2.24) is 0 Å². The molecular formula is C13H12O5. The van der Waals surface area contributed by atoms with Crippen LogP contribution in [0.2, 0.25) is 0 Å². The molecule has 5 nitrogen and oxygen atoms in total. The van der Waals surface area contributed by atoms with Crippen molar-refractivity contribution in [2.45, 2.75) is 6.42 Å². The molecule has 0 unspecified atom stereocenters. The van der Waals surface area contributed by atoms with Crippen LogP contribution in [-0.4, -0.2) is 27.9 Å². The van der Waals surface area contributed by atoms with E-state index in [9.17, 15) is 14.4 Å². The fourth-order valence-corrected chi connectivity index (χ4v) is 1.34. The van der Waals surface area contributed by atoms with Gasteiger partial charge in [0, 0.05) is 0 Å². The van der Waals surface area contributed by atoms with Crippen LogP contribution in [0.1, 0.15) is 12.0 Å². The van der Waals surface area contributed by atoms with Crippen molar-refractivity contribution in [3.63, 3.8) is 0 Å². The molecular weight excluding hydrogens is 236 g/mol. The molecule has 0 saturated heterocycles. The van der Waals surface area contributed by atoms with Crippen molar-refractivity contribution in [1.29, 1.82) is 0 Å². The molecule has 0 bridgehead atoms. The van der Waals surface area contributed by atoms with E-state index in [-0.39, 0.29) is 0 Å². The van der Waals surface area contributed by atoms with E-state index < -0.39 is 30.1 Å². The van der Waals surface area contributed by atoms with Gasteiger partial charge in [-0.3, -0.25) is 14.4 Å². The van der Waals surface area contributed by atoms with Gasteiger partial charge in [-0.25, -0.2) is 0 Å². The number of allylic oxidation sites excluding steroid dienone is 1. The summed E-state index contributed by atoms with van der Waals surface area (Å²) in [4.78, 5) is 32.8. The van der Waals surface area contributed by atoms with Gasteiger partial charge in [-0.2, -0.15) is 0 Å². The fraction of sp³-hybridized carbons (Fsp3) is 0.154. The average Bonchev–Trinajstić information content (AvgIpc) is 2.34. The van der Waals surface area contributed by atoms with Crippen molar-refractivity contribution >= 4 is 23.8 Å². The molecule has 0 spiro atoms. The maximum absolute atomic E-state index is 11.6. The Labute approximate surface area is 103 Å². The quantitative estimate of drug-likeness (QED) is 0.587. The first-order chi connectivity index (χ1) is 8.50. The molecule has 0 saturated carbocycles. The highest BCUT2D eigenvalue weighted by atomic mass is 16.4. The maximum Gasteiger partial charge on any atom is 0.315 e. The van der Waals surface area contributed by atoms with Crippen molar-refractivity contribution in [2.24, 2.45) is 5.92 Å². The molecule has 5 heteroatoms. The summed E-state index contributed by atoms with van der Waals surface area (Å²) >= 11 is 0. The Balaban J connectivity index is 2.76. The second-order valence-corrected chi connectivity index (χ2v) is 3.64. The summed E-state index contributed by atoms with van der Waals surface area (Å²) in [6.45, 7) is 0. The highest BCUT2D eigenvalue weighted by Gasteiger charge is 2.26. The summed E-state index contributed by atoms with van der Waals surface area (Å²) in [6, 6.07) is 8.85. The van der Waals surface area contributed by atoms with Crippen LogP contribution in [0.25, 0.3) is 6.08 Å². The number of carboxylic acids is 2. The van der Waals surface area contributed by atoms with Crippen molar-refractivity contribution < 1.29 is 24.6 Å². The van der Waals surface area contributed by atoms with Crippen LogP contribution < -0.4 is 0 Å². The molecule has 0 aromatic heterocycles. The minimum absolute atomic E-state index is 0.715. The maximum atomic E-state index is 11.6. The predicted octanol–water partition coefficient (Wildman–Crippen LogP) is 1.44. The molecule has 2 N–H and O–H groups in total. The Bertz CT molecular complexity index is 475. The van der Waals surface area contributed by atoms with Crippen LogP contribution in [0.3, 0.4) is 0 Å². The fourth-order valence-electron chi connectivity index (χ4n) is 1.34. The lowest BCUT2D eigenvalue weighted by atomic mass is 9.99. The summed E-state index contributed by atoms with van der Waals surface area (Å²) in [6.07, 6.45) is 1.84. The lowest BCUT2D eigenvalue weighted by molar-refractivity contribution is -0.151. The van der Waals surface area contributed by atoms with Crippen molar-refractivity contribution in [3.05, 3.63) is 42.0 Å². The minimum atomic E-state index is -1.54. The Morgan fingerprint density at radius 2 is 1.72 bits per heavy atom. The largest absolute Gasteiger partial charge is 0.481 e. The van der Waals surface area contributed by atoms with Gasteiger partial charge in [-0.05, 0) is 11.6 Å². The van der Waals surface area contributed by atoms with E-state index in [4.69, 9.17) is 10.2 Å². The van der Waals surface area contributed by atoms with Crippen LogP contribution in [0.5, 0.6) is 0 Å². The zero-order chi connectivity index (χ0) is 13.5. The van der Waals surface area contributed by atoms with E-state index in [0.29, 0.717) is 0 Å².